The molecule has 2 fully saturated rings. The fourth-order valence-electron chi connectivity index (χ4n) is 5.72. The number of ether oxygens (including phenoxy) is 6. The van der Waals surface area contributed by atoms with Crippen LogP contribution in [0.2, 0.25) is 0 Å². The van der Waals surface area contributed by atoms with E-state index in [1.54, 1.807) is 12.2 Å². The average Bonchev–Trinajstić information content (AvgIpc) is 3.12. The Kier molecular flexibility index (Phi) is 9.97. The van der Waals surface area contributed by atoms with Gasteiger partial charge in [-0.25, -0.2) is 0 Å². The molecule has 0 amide bonds. The van der Waals surface area contributed by atoms with Crippen LogP contribution in [-0.4, -0.2) is 78.9 Å². The number of hydrogen-bond donors (Lipinski definition) is 1. The van der Waals surface area contributed by atoms with E-state index < -0.39 is 60.9 Å². The number of carbonyl (C=O) groups is 2. The molecule has 0 aliphatic carbocycles. The molecule has 3 aliphatic heterocycles. The Hall–Kier alpha value is -2.92. The molecule has 0 radical (unpaired) electrons. The number of aliphatic hydroxyl groups is 1. The molecule has 2 aromatic carbocycles. The van der Waals surface area contributed by atoms with Crippen molar-refractivity contribution in [1.29, 1.82) is 0 Å². The number of rotatable bonds is 10. The molecule has 9 atom stereocenters. The van der Waals surface area contributed by atoms with Crippen LogP contribution >= 0.6 is 0 Å². The molecule has 2 aromatic rings. The van der Waals surface area contributed by atoms with Gasteiger partial charge >= 0.3 is 5.97 Å². The smallest absolute Gasteiger partial charge is 0.308 e. The lowest BCUT2D eigenvalue weighted by Gasteiger charge is -2.51. The van der Waals surface area contributed by atoms with E-state index in [-0.39, 0.29) is 18.6 Å². The van der Waals surface area contributed by atoms with Gasteiger partial charge in [0.15, 0.2) is 0 Å². The Morgan fingerprint density at radius 2 is 1.41 bits per heavy atom. The van der Waals surface area contributed by atoms with Gasteiger partial charge in [0.05, 0.1) is 57.3 Å². The van der Waals surface area contributed by atoms with Crippen LogP contribution in [0.15, 0.2) is 72.8 Å². The summed E-state index contributed by atoms with van der Waals surface area (Å²) in [4.78, 5) is 24.3. The first-order valence-corrected chi connectivity index (χ1v) is 14.1. The number of Topliss-reactive ketones (excluding diaryl/α,β-unsaturated/α-hetero) is 1. The summed E-state index contributed by atoms with van der Waals surface area (Å²) in [5.74, 6) is -0.494. The minimum absolute atomic E-state index is 0.0203. The highest BCUT2D eigenvalue weighted by molar-refractivity contribution is 5.76. The average molecular weight is 567 g/mol. The van der Waals surface area contributed by atoms with Gasteiger partial charge in [-0.1, -0.05) is 72.8 Å². The Morgan fingerprint density at radius 3 is 2.02 bits per heavy atom. The first kappa shape index (κ1) is 29.6. The maximum Gasteiger partial charge on any atom is 0.308 e. The van der Waals surface area contributed by atoms with E-state index in [0.717, 1.165) is 11.1 Å². The van der Waals surface area contributed by atoms with Crippen molar-refractivity contribution in [2.45, 2.75) is 94.3 Å². The van der Waals surface area contributed by atoms with E-state index in [4.69, 9.17) is 28.4 Å². The number of ketones is 1. The lowest BCUT2D eigenvalue weighted by atomic mass is 9.86. The number of esters is 1. The van der Waals surface area contributed by atoms with Gasteiger partial charge in [0.2, 0.25) is 0 Å². The molecule has 0 spiro atoms. The van der Waals surface area contributed by atoms with Gasteiger partial charge < -0.3 is 33.5 Å². The van der Waals surface area contributed by atoms with Crippen LogP contribution in [0.3, 0.4) is 0 Å². The van der Waals surface area contributed by atoms with E-state index in [2.05, 4.69) is 0 Å². The minimum Gasteiger partial charge on any atom is -0.469 e. The third kappa shape index (κ3) is 7.48. The van der Waals surface area contributed by atoms with E-state index in [0.29, 0.717) is 19.6 Å². The Labute approximate surface area is 240 Å². The first-order valence-electron chi connectivity index (χ1n) is 14.1. The van der Waals surface area contributed by atoms with Crippen molar-refractivity contribution in [3.05, 3.63) is 83.9 Å². The zero-order valence-corrected chi connectivity index (χ0v) is 23.4. The summed E-state index contributed by atoms with van der Waals surface area (Å²) in [6.45, 7) is 2.19. The molecule has 2 saturated heterocycles. The lowest BCUT2D eigenvalue weighted by Crippen LogP contribution is -2.64. The Bertz CT molecular complexity index is 1170. The number of aliphatic hydroxyl groups excluding tert-OH is 1. The molecule has 3 aliphatic rings. The van der Waals surface area contributed by atoms with Crippen molar-refractivity contribution in [2.24, 2.45) is 0 Å². The fourth-order valence-corrected chi connectivity index (χ4v) is 5.72. The molecule has 0 saturated carbocycles. The van der Waals surface area contributed by atoms with Crippen molar-refractivity contribution in [3.8, 4) is 0 Å². The molecule has 3 heterocycles. The molecule has 0 unspecified atom stereocenters. The SMILES string of the molecule is COC(=O)C[C@H]1O[C@H]2C[C@H]3O[C@@H](CC(C)=O)[C@H](OCc4ccccc4)[C@@H](OCc4ccccc4)[C@@H]3O[C@@H]2C=C[C@H]1O. The zero-order valence-electron chi connectivity index (χ0n) is 23.4. The number of fused-ring (bicyclic) bond motifs is 2. The van der Waals surface area contributed by atoms with Crippen molar-refractivity contribution in [1.82, 2.24) is 0 Å². The Balaban J connectivity index is 1.40. The van der Waals surface area contributed by atoms with Gasteiger partial charge in [-0.15, -0.1) is 0 Å². The summed E-state index contributed by atoms with van der Waals surface area (Å²) >= 11 is 0. The second kappa shape index (κ2) is 13.8. The largest absolute Gasteiger partial charge is 0.469 e. The number of benzene rings is 2. The zero-order chi connectivity index (χ0) is 28.8. The van der Waals surface area contributed by atoms with E-state index in [1.807, 2.05) is 60.7 Å². The van der Waals surface area contributed by atoms with Crippen molar-refractivity contribution in [3.63, 3.8) is 0 Å². The highest BCUT2D eigenvalue weighted by Crippen LogP contribution is 2.39. The van der Waals surface area contributed by atoms with Crippen molar-refractivity contribution in [2.75, 3.05) is 7.11 Å². The predicted octanol–water partition coefficient (Wildman–Crippen LogP) is 3.31. The molecule has 9 nitrogen and oxygen atoms in total. The summed E-state index contributed by atoms with van der Waals surface area (Å²) < 4.78 is 37.1. The third-order valence-corrected chi connectivity index (χ3v) is 7.76. The van der Waals surface area contributed by atoms with Crippen LogP contribution in [0.5, 0.6) is 0 Å². The molecule has 9 heteroatoms. The van der Waals surface area contributed by atoms with E-state index in [1.165, 1.54) is 14.0 Å². The lowest BCUT2D eigenvalue weighted by molar-refractivity contribution is -0.299. The maximum atomic E-state index is 12.3. The molecule has 0 bridgehead atoms. The fraction of sp³-hybridized carbons (Fsp3) is 0.500. The monoisotopic (exact) mass is 566 g/mol. The summed E-state index contributed by atoms with van der Waals surface area (Å²) in [5, 5.41) is 10.6. The van der Waals surface area contributed by atoms with Crippen molar-refractivity contribution >= 4 is 11.8 Å². The minimum atomic E-state index is -0.996. The first-order chi connectivity index (χ1) is 19.9. The van der Waals surface area contributed by atoms with Gasteiger partial charge in [-0.3, -0.25) is 9.59 Å². The van der Waals surface area contributed by atoms with Gasteiger partial charge in [-0.2, -0.15) is 0 Å². The van der Waals surface area contributed by atoms with Gasteiger partial charge in [0.1, 0.15) is 30.2 Å². The van der Waals surface area contributed by atoms with Crippen LogP contribution in [0.25, 0.3) is 0 Å². The second-order valence-corrected chi connectivity index (χ2v) is 10.8. The molecule has 41 heavy (non-hydrogen) atoms. The molecule has 1 N–H and O–H groups in total. The predicted molar refractivity (Wildman–Crippen MR) is 148 cm³/mol. The summed E-state index contributed by atoms with van der Waals surface area (Å²) in [6.07, 6.45) is -1.54. The number of hydrogen-bond acceptors (Lipinski definition) is 9. The summed E-state index contributed by atoms with van der Waals surface area (Å²) in [6, 6.07) is 19.7. The third-order valence-electron chi connectivity index (χ3n) is 7.76. The van der Waals surface area contributed by atoms with Gasteiger partial charge in [0.25, 0.3) is 0 Å². The number of carbonyl (C=O) groups excluding carboxylic acids is 2. The van der Waals surface area contributed by atoms with Gasteiger partial charge in [-0.05, 0) is 18.1 Å². The van der Waals surface area contributed by atoms with E-state index in [9.17, 15) is 14.7 Å². The molecular formula is C32H38O9. The molecule has 0 aromatic heterocycles. The quantitative estimate of drug-likeness (QED) is 0.342. The van der Waals surface area contributed by atoms with Crippen LogP contribution in [0.4, 0.5) is 0 Å². The number of methoxy groups -OCH3 is 1. The Morgan fingerprint density at radius 1 is 0.805 bits per heavy atom. The highest BCUT2D eigenvalue weighted by atomic mass is 16.6. The standard InChI is InChI=1S/C32H38O9/c1-20(33)15-27-30(37-18-21-9-5-3-6-10-21)32(38-19-22-11-7-4-8-12-22)31-28(40-27)16-26-24(41-31)14-13-23(34)25(39-26)17-29(35)36-2/h3-14,23-28,30-32,34H,15-19H2,1-2H3/t23-,24-,25-,26+,27+,28-,30+,31-,32-/m1/s1. The van der Waals surface area contributed by atoms with Gasteiger partial charge in [0, 0.05) is 12.8 Å². The summed E-state index contributed by atoms with van der Waals surface area (Å²) in [5.41, 5.74) is 1.99. The van der Waals surface area contributed by atoms with Crippen LogP contribution in [0, 0.1) is 0 Å². The van der Waals surface area contributed by atoms with Crippen LogP contribution in [0.1, 0.15) is 37.3 Å². The van der Waals surface area contributed by atoms with E-state index >= 15 is 0 Å². The van der Waals surface area contributed by atoms with Crippen LogP contribution < -0.4 is 0 Å². The molecule has 220 valence electrons. The van der Waals surface area contributed by atoms with Crippen LogP contribution in [-0.2, 0) is 51.2 Å². The topological polar surface area (TPSA) is 110 Å². The maximum absolute atomic E-state index is 12.3. The molecule has 5 rings (SSSR count). The highest BCUT2D eigenvalue weighted by Gasteiger charge is 2.53. The normalized spacial score (nSPS) is 32.8. The molecular weight excluding hydrogens is 528 g/mol. The summed E-state index contributed by atoms with van der Waals surface area (Å²) in [7, 11) is 1.30. The second-order valence-electron chi connectivity index (χ2n) is 10.8. The van der Waals surface area contributed by atoms with Crippen molar-refractivity contribution < 1.29 is 43.1 Å².